The van der Waals surface area contributed by atoms with Crippen LogP contribution in [0.5, 0.6) is 0 Å². The second kappa shape index (κ2) is 7.44. The van der Waals surface area contributed by atoms with Gasteiger partial charge in [-0.15, -0.1) is 0 Å². The van der Waals surface area contributed by atoms with Crippen molar-refractivity contribution in [1.29, 1.82) is 0 Å². The molecule has 3 aliphatic carbocycles. The average molecular weight is 419 g/mol. The van der Waals surface area contributed by atoms with Gasteiger partial charge in [-0.3, -0.25) is 9.59 Å². The Balaban J connectivity index is 1.60. The highest BCUT2D eigenvalue weighted by Crippen LogP contribution is 2.68. The highest BCUT2D eigenvalue weighted by atomic mass is 16.7. The molecule has 4 aliphatic rings. The molecule has 0 aromatic rings. The van der Waals surface area contributed by atoms with E-state index in [9.17, 15) is 9.59 Å². The van der Waals surface area contributed by atoms with Gasteiger partial charge in [0.05, 0.1) is 19.8 Å². The van der Waals surface area contributed by atoms with Crippen LogP contribution in [0.1, 0.15) is 79.6 Å². The summed E-state index contributed by atoms with van der Waals surface area (Å²) in [7, 11) is 0. The molecular formula is C25H38O5. The van der Waals surface area contributed by atoms with E-state index in [2.05, 4.69) is 33.8 Å². The monoisotopic (exact) mass is 418 g/mol. The van der Waals surface area contributed by atoms with E-state index in [1.807, 2.05) is 6.92 Å². The Hall–Kier alpha value is -1.20. The van der Waals surface area contributed by atoms with Crippen LogP contribution in [0.15, 0.2) is 11.6 Å². The fourth-order valence-electron chi connectivity index (χ4n) is 7.46. The Kier molecular flexibility index (Phi) is 5.46. The molecule has 4 atom stereocenters. The molecule has 2 saturated carbocycles. The summed E-state index contributed by atoms with van der Waals surface area (Å²) in [6, 6.07) is 0. The van der Waals surface area contributed by atoms with E-state index in [1.165, 1.54) is 5.57 Å². The Morgan fingerprint density at radius 3 is 2.50 bits per heavy atom. The lowest BCUT2D eigenvalue weighted by Gasteiger charge is -2.64. The van der Waals surface area contributed by atoms with Gasteiger partial charge < -0.3 is 14.2 Å². The van der Waals surface area contributed by atoms with E-state index in [1.54, 1.807) is 0 Å². The van der Waals surface area contributed by atoms with Crippen molar-refractivity contribution in [1.82, 2.24) is 0 Å². The van der Waals surface area contributed by atoms with Crippen LogP contribution in [0.25, 0.3) is 0 Å². The van der Waals surface area contributed by atoms with Gasteiger partial charge in [-0.05, 0) is 57.3 Å². The molecule has 0 N–H and O–H groups in total. The van der Waals surface area contributed by atoms with Crippen molar-refractivity contribution in [2.24, 2.45) is 28.1 Å². The van der Waals surface area contributed by atoms with Crippen LogP contribution in [-0.4, -0.2) is 37.4 Å². The quantitative estimate of drug-likeness (QED) is 0.483. The van der Waals surface area contributed by atoms with Crippen molar-refractivity contribution in [2.45, 2.75) is 85.4 Å². The van der Waals surface area contributed by atoms with Crippen LogP contribution >= 0.6 is 0 Å². The van der Waals surface area contributed by atoms with Crippen LogP contribution in [0.2, 0.25) is 0 Å². The Bertz CT molecular complexity index is 747. The zero-order valence-corrected chi connectivity index (χ0v) is 19.3. The maximum atomic E-state index is 13.6. The third-order valence-electron chi connectivity index (χ3n) is 9.02. The molecule has 0 unspecified atom stereocenters. The molecule has 4 rings (SSSR count). The molecule has 30 heavy (non-hydrogen) atoms. The lowest BCUT2D eigenvalue weighted by molar-refractivity contribution is -0.284. The molecule has 5 nitrogen and oxygen atoms in total. The van der Waals surface area contributed by atoms with Gasteiger partial charge in [-0.25, -0.2) is 0 Å². The minimum Gasteiger partial charge on any atom is -0.466 e. The first-order valence-corrected chi connectivity index (χ1v) is 11.8. The lowest BCUT2D eigenvalue weighted by atomic mass is 9.42. The maximum absolute atomic E-state index is 13.6. The molecule has 0 aromatic heterocycles. The average Bonchev–Trinajstić information content (AvgIpc) is 3.17. The predicted molar refractivity (Wildman–Crippen MR) is 114 cm³/mol. The summed E-state index contributed by atoms with van der Waals surface area (Å²) in [5.74, 6) is -0.00758. The molecular weight excluding hydrogens is 380 g/mol. The molecule has 1 spiro atoms. The van der Waals surface area contributed by atoms with E-state index in [-0.39, 0.29) is 22.7 Å². The minimum absolute atomic E-state index is 0.0150. The lowest BCUT2D eigenvalue weighted by Crippen LogP contribution is -2.62. The van der Waals surface area contributed by atoms with Gasteiger partial charge >= 0.3 is 5.97 Å². The minimum atomic E-state index is -0.480. The fourth-order valence-corrected chi connectivity index (χ4v) is 7.46. The van der Waals surface area contributed by atoms with Crippen molar-refractivity contribution >= 4 is 11.8 Å². The first-order chi connectivity index (χ1) is 14.1. The van der Waals surface area contributed by atoms with Crippen LogP contribution in [0, 0.1) is 28.1 Å². The van der Waals surface area contributed by atoms with Gasteiger partial charge in [0.1, 0.15) is 5.78 Å². The summed E-state index contributed by atoms with van der Waals surface area (Å²) in [6.07, 6.45) is 7.75. The number of carbonyl (C=O) groups is 2. The fraction of sp³-hybridized carbons (Fsp3) is 0.840. The van der Waals surface area contributed by atoms with Crippen LogP contribution < -0.4 is 0 Å². The highest BCUT2D eigenvalue weighted by Gasteiger charge is 2.66. The molecule has 0 aromatic carbocycles. The van der Waals surface area contributed by atoms with Gasteiger partial charge in [0.2, 0.25) is 0 Å². The van der Waals surface area contributed by atoms with E-state index in [0.717, 1.165) is 32.1 Å². The number of ketones is 1. The first-order valence-electron chi connectivity index (χ1n) is 11.8. The summed E-state index contributed by atoms with van der Waals surface area (Å²) in [5, 5.41) is 0. The summed E-state index contributed by atoms with van der Waals surface area (Å²) in [6.45, 7) is 12.7. The molecule has 0 amide bonds. The molecule has 0 bridgehead atoms. The van der Waals surface area contributed by atoms with E-state index >= 15 is 0 Å². The molecule has 1 aliphatic heterocycles. The maximum Gasteiger partial charge on any atom is 0.305 e. The summed E-state index contributed by atoms with van der Waals surface area (Å²) in [4.78, 5) is 25.5. The number of esters is 1. The number of hydrogen-bond donors (Lipinski definition) is 0. The third-order valence-corrected chi connectivity index (χ3v) is 9.02. The number of rotatable bonds is 4. The van der Waals surface area contributed by atoms with Gasteiger partial charge in [0.15, 0.2) is 5.79 Å². The second-order valence-electron chi connectivity index (χ2n) is 10.8. The number of Topliss-reactive ketones (excluding diaryl/α,β-unsaturated/α-hetero) is 1. The number of hydrogen-bond acceptors (Lipinski definition) is 5. The Labute approximate surface area is 180 Å². The van der Waals surface area contributed by atoms with Crippen molar-refractivity contribution in [3.05, 3.63) is 11.6 Å². The molecule has 5 heteroatoms. The topological polar surface area (TPSA) is 61.8 Å². The van der Waals surface area contributed by atoms with Crippen molar-refractivity contribution in [3.63, 3.8) is 0 Å². The summed E-state index contributed by atoms with van der Waals surface area (Å²) >= 11 is 0. The standard InChI is InChI=1S/C25H38O5/c1-6-28-20(26)10-8-17-7-9-19-23(4)13-14-25(29-15-16-30-25)22(2,3)18(23)11-12-24(19,5)21(17)27/h9,17-18H,6-8,10-16H2,1-5H3/t17-,18+,23+,24-/m1/s1. The molecule has 3 fully saturated rings. The molecule has 1 heterocycles. The largest absolute Gasteiger partial charge is 0.466 e. The summed E-state index contributed by atoms with van der Waals surface area (Å²) in [5.41, 5.74) is 0.798. The summed E-state index contributed by atoms with van der Waals surface area (Å²) < 4.78 is 17.5. The number of allylic oxidation sites excluding steroid dienone is 2. The molecule has 0 radical (unpaired) electrons. The SMILES string of the molecule is CCOC(=O)CC[C@H]1CC=C2[C@@](C)(CC[C@H]3C(C)(C)C4(CC[C@]23C)OCCO4)C1=O. The molecule has 168 valence electrons. The van der Waals surface area contributed by atoms with Crippen LogP contribution in [0.4, 0.5) is 0 Å². The van der Waals surface area contributed by atoms with Crippen LogP contribution in [0.3, 0.4) is 0 Å². The van der Waals surface area contributed by atoms with Crippen LogP contribution in [-0.2, 0) is 23.8 Å². The predicted octanol–water partition coefficient (Wildman–Crippen LogP) is 4.83. The highest BCUT2D eigenvalue weighted by molar-refractivity contribution is 5.91. The smallest absolute Gasteiger partial charge is 0.305 e. The number of fused-ring (bicyclic) bond motifs is 3. The normalized spacial score (nSPS) is 39.2. The Morgan fingerprint density at radius 1 is 1.13 bits per heavy atom. The number of ether oxygens (including phenoxy) is 3. The van der Waals surface area contributed by atoms with Crippen molar-refractivity contribution < 1.29 is 23.8 Å². The van der Waals surface area contributed by atoms with Gasteiger partial charge in [-0.1, -0.05) is 32.4 Å². The van der Waals surface area contributed by atoms with Crippen molar-refractivity contribution in [3.8, 4) is 0 Å². The second-order valence-corrected chi connectivity index (χ2v) is 10.8. The first kappa shape index (κ1) is 22.0. The van der Waals surface area contributed by atoms with E-state index in [4.69, 9.17) is 14.2 Å². The number of carbonyl (C=O) groups excluding carboxylic acids is 2. The van der Waals surface area contributed by atoms with Crippen molar-refractivity contribution in [2.75, 3.05) is 19.8 Å². The Morgan fingerprint density at radius 2 is 1.83 bits per heavy atom. The zero-order chi connectivity index (χ0) is 21.8. The third kappa shape index (κ3) is 3.02. The van der Waals surface area contributed by atoms with E-state index in [0.29, 0.717) is 44.4 Å². The molecule has 1 saturated heterocycles. The van der Waals surface area contributed by atoms with Gasteiger partial charge in [0, 0.05) is 29.6 Å². The van der Waals surface area contributed by atoms with Gasteiger partial charge in [0.25, 0.3) is 0 Å². The van der Waals surface area contributed by atoms with Gasteiger partial charge in [-0.2, -0.15) is 0 Å². The zero-order valence-electron chi connectivity index (χ0n) is 19.3. The van der Waals surface area contributed by atoms with E-state index < -0.39 is 11.2 Å².